The van der Waals surface area contributed by atoms with Gasteiger partial charge in [0.15, 0.2) is 5.78 Å². The van der Waals surface area contributed by atoms with Crippen molar-refractivity contribution in [3.05, 3.63) is 65.7 Å². The van der Waals surface area contributed by atoms with E-state index in [-0.39, 0.29) is 18.2 Å². The minimum atomic E-state index is -0.617. The Bertz CT molecular complexity index is 707. The number of Topliss-reactive ketones (excluding diaryl/α,β-unsaturated/α-hetero) is 1. The summed E-state index contributed by atoms with van der Waals surface area (Å²) in [6.07, 6.45) is 1.18. The number of nitrogens with zero attached hydrogens (tertiary/aromatic N) is 1. The highest BCUT2D eigenvalue weighted by molar-refractivity contribution is 6.17. The summed E-state index contributed by atoms with van der Waals surface area (Å²) in [4.78, 5) is 36.9. The smallest absolute Gasteiger partial charge is 0.238 e. The quantitative estimate of drug-likeness (QED) is 0.642. The fraction of sp³-hybridized carbons (Fsp3) is 0.167. The molecule has 22 heavy (non-hydrogen) atoms. The van der Waals surface area contributed by atoms with Crippen molar-refractivity contribution in [1.29, 1.82) is 0 Å². The molecule has 4 heteroatoms. The first-order valence-corrected chi connectivity index (χ1v) is 7.12. The van der Waals surface area contributed by atoms with E-state index in [1.165, 1.54) is 4.90 Å². The van der Waals surface area contributed by atoms with Gasteiger partial charge < -0.3 is 4.90 Å². The van der Waals surface area contributed by atoms with Gasteiger partial charge in [-0.25, -0.2) is 0 Å². The van der Waals surface area contributed by atoms with Crippen LogP contribution in [0.5, 0.6) is 0 Å². The first-order chi connectivity index (χ1) is 10.7. The van der Waals surface area contributed by atoms with Gasteiger partial charge in [-0.05, 0) is 36.2 Å². The third-order valence-electron chi connectivity index (χ3n) is 3.89. The van der Waals surface area contributed by atoms with E-state index in [1.807, 2.05) is 30.3 Å². The standard InChI is InChI=1S/C18H15NO3/c20-12-14-6-8-15(9-7-14)19-11-17(21)16(18(19)22)10-13-4-2-1-3-5-13/h1-9,12,16H,10-11H2. The molecule has 3 rings (SSSR count). The molecule has 0 saturated carbocycles. The molecule has 2 aromatic carbocycles. The molecule has 0 aromatic heterocycles. The second kappa shape index (κ2) is 5.93. The van der Waals surface area contributed by atoms with Crippen LogP contribution < -0.4 is 4.90 Å². The zero-order chi connectivity index (χ0) is 15.5. The van der Waals surface area contributed by atoms with Crippen LogP contribution in [0.2, 0.25) is 0 Å². The molecule has 1 aliphatic heterocycles. The van der Waals surface area contributed by atoms with Crippen molar-refractivity contribution in [2.75, 3.05) is 11.4 Å². The summed E-state index contributed by atoms with van der Waals surface area (Å²) in [6, 6.07) is 16.2. The maximum atomic E-state index is 12.5. The molecule has 0 aliphatic carbocycles. The van der Waals surface area contributed by atoms with Gasteiger partial charge in [0.25, 0.3) is 0 Å². The molecule has 2 aromatic rings. The van der Waals surface area contributed by atoms with E-state index < -0.39 is 5.92 Å². The van der Waals surface area contributed by atoms with Crippen LogP contribution in [-0.4, -0.2) is 24.5 Å². The Hall–Kier alpha value is -2.75. The van der Waals surface area contributed by atoms with Gasteiger partial charge >= 0.3 is 0 Å². The van der Waals surface area contributed by atoms with E-state index in [0.717, 1.165) is 11.8 Å². The van der Waals surface area contributed by atoms with Crippen LogP contribution in [0.25, 0.3) is 0 Å². The summed E-state index contributed by atoms with van der Waals surface area (Å²) in [7, 11) is 0. The molecule has 0 radical (unpaired) electrons. The third-order valence-corrected chi connectivity index (χ3v) is 3.89. The summed E-state index contributed by atoms with van der Waals surface area (Å²) in [5.41, 5.74) is 2.18. The van der Waals surface area contributed by atoms with E-state index in [0.29, 0.717) is 17.7 Å². The molecule has 1 fully saturated rings. The number of anilines is 1. The van der Waals surface area contributed by atoms with Crippen molar-refractivity contribution < 1.29 is 14.4 Å². The van der Waals surface area contributed by atoms with E-state index in [1.54, 1.807) is 24.3 Å². The van der Waals surface area contributed by atoms with Crippen LogP contribution in [0.4, 0.5) is 5.69 Å². The highest BCUT2D eigenvalue weighted by Gasteiger charge is 2.39. The van der Waals surface area contributed by atoms with E-state index in [4.69, 9.17) is 0 Å². The van der Waals surface area contributed by atoms with E-state index in [2.05, 4.69) is 0 Å². The SMILES string of the molecule is O=Cc1ccc(N2CC(=O)C(Cc3ccccc3)C2=O)cc1. The second-order valence-corrected chi connectivity index (χ2v) is 5.34. The lowest BCUT2D eigenvalue weighted by Crippen LogP contribution is -2.27. The lowest BCUT2D eigenvalue weighted by Gasteiger charge is -2.16. The Morgan fingerprint density at radius 1 is 1.00 bits per heavy atom. The molecule has 1 saturated heterocycles. The maximum absolute atomic E-state index is 12.5. The van der Waals surface area contributed by atoms with Crippen LogP contribution in [0.15, 0.2) is 54.6 Å². The van der Waals surface area contributed by atoms with Gasteiger partial charge in [-0.2, -0.15) is 0 Å². The first kappa shape index (κ1) is 14.2. The van der Waals surface area contributed by atoms with Crippen LogP contribution in [0, 0.1) is 5.92 Å². The van der Waals surface area contributed by atoms with Crippen LogP contribution in [-0.2, 0) is 16.0 Å². The normalized spacial score (nSPS) is 17.8. The molecule has 1 amide bonds. The number of carbonyl (C=O) groups is 3. The fourth-order valence-electron chi connectivity index (χ4n) is 2.67. The number of amides is 1. The zero-order valence-electron chi connectivity index (χ0n) is 11.9. The summed E-state index contributed by atoms with van der Waals surface area (Å²) >= 11 is 0. The Labute approximate surface area is 128 Å². The van der Waals surface area contributed by atoms with Crippen molar-refractivity contribution in [2.45, 2.75) is 6.42 Å². The van der Waals surface area contributed by atoms with Gasteiger partial charge in [-0.15, -0.1) is 0 Å². The van der Waals surface area contributed by atoms with Gasteiger partial charge in [0, 0.05) is 11.3 Å². The largest absolute Gasteiger partial charge is 0.304 e. The lowest BCUT2D eigenvalue weighted by atomic mass is 9.97. The number of carbonyl (C=O) groups excluding carboxylic acids is 3. The summed E-state index contributed by atoms with van der Waals surface area (Å²) < 4.78 is 0. The summed E-state index contributed by atoms with van der Waals surface area (Å²) in [5.74, 6) is -0.853. The number of aldehydes is 1. The molecule has 1 heterocycles. The van der Waals surface area contributed by atoms with E-state index in [9.17, 15) is 14.4 Å². The highest BCUT2D eigenvalue weighted by Crippen LogP contribution is 2.25. The number of hydrogen-bond acceptors (Lipinski definition) is 3. The van der Waals surface area contributed by atoms with Gasteiger partial charge in [-0.1, -0.05) is 30.3 Å². The van der Waals surface area contributed by atoms with Gasteiger partial charge in [0.05, 0.1) is 6.54 Å². The lowest BCUT2D eigenvalue weighted by molar-refractivity contribution is -0.126. The van der Waals surface area contributed by atoms with Crippen molar-refractivity contribution in [1.82, 2.24) is 0 Å². The Kier molecular flexibility index (Phi) is 3.83. The molecule has 110 valence electrons. The van der Waals surface area contributed by atoms with Crippen LogP contribution >= 0.6 is 0 Å². The summed E-state index contributed by atoms with van der Waals surface area (Å²) in [5, 5.41) is 0. The molecular formula is C18H15NO3. The number of ketones is 1. The molecule has 1 unspecified atom stereocenters. The molecule has 0 spiro atoms. The predicted molar refractivity (Wildman–Crippen MR) is 82.8 cm³/mol. The Morgan fingerprint density at radius 3 is 2.32 bits per heavy atom. The minimum absolute atomic E-state index is 0.0617. The highest BCUT2D eigenvalue weighted by atomic mass is 16.2. The van der Waals surface area contributed by atoms with Gasteiger partial charge in [0.2, 0.25) is 5.91 Å². The third kappa shape index (κ3) is 2.68. The molecule has 4 nitrogen and oxygen atoms in total. The molecule has 1 aliphatic rings. The first-order valence-electron chi connectivity index (χ1n) is 7.12. The van der Waals surface area contributed by atoms with Crippen LogP contribution in [0.3, 0.4) is 0 Å². The minimum Gasteiger partial charge on any atom is -0.304 e. The molecular weight excluding hydrogens is 278 g/mol. The van der Waals surface area contributed by atoms with Gasteiger partial charge in [-0.3, -0.25) is 14.4 Å². The molecule has 0 bridgehead atoms. The van der Waals surface area contributed by atoms with Crippen molar-refractivity contribution in [2.24, 2.45) is 5.92 Å². The topological polar surface area (TPSA) is 54.5 Å². The maximum Gasteiger partial charge on any atom is 0.238 e. The van der Waals surface area contributed by atoms with Gasteiger partial charge in [0.1, 0.15) is 12.2 Å². The predicted octanol–water partition coefficient (Wildman–Crippen LogP) is 2.27. The second-order valence-electron chi connectivity index (χ2n) is 5.34. The molecule has 1 atom stereocenters. The van der Waals surface area contributed by atoms with Crippen molar-refractivity contribution in [3.8, 4) is 0 Å². The monoisotopic (exact) mass is 293 g/mol. The molecule has 0 N–H and O–H groups in total. The zero-order valence-corrected chi connectivity index (χ0v) is 11.9. The van der Waals surface area contributed by atoms with Crippen molar-refractivity contribution in [3.63, 3.8) is 0 Å². The number of benzene rings is 2. The average Bonchev–Trinajstić information content (AvgIpc) is 2.84. The Morgan fingerprint density at radius 2 is 1.68 bits per heavy atom. The van der Waals surface area contributed by atoms with E-state index >= 15 is 0 Å². The number of hydrogen-bond donors (Lipinski definition) is 0. The average molecular weight is 293 g/mol. The Balaban J connectivity index is 1.80. The fourth-order valence-corrected chi connectivity index (χ4v) is 2.67. The number of rotatable bonds is 4. The summed E-state index contributed by atoms with van der Waals surface area (Å²) in [6.45, 7) is 0.0940. The van der Waals surface area contributed by atoms with Crippen LogP contribution in [0.1, 0.15) is 15.9 Å². The van der Waals surface area contributed by atoms with Crippen molar-refractivity contribution >= 4 is 23.7 Å².